The zero-order valence-electron chi connectivity index (χ0n) is 57.0. The first-order chi connectivity index (χ1) is 47.7. The first-order valence-electron chi connectivity index (χ1n) is 33.1. The minimum atomic E-state index is -2.44. The van der Waals surface area contributed by atoms with Crippen LogP contribution in [0.4, 0.5) is 0 Å². The molecule has 34 nitrogen and oxygen atoms in total. The van der Waals surface area contributed by atoms with Gasteiger partial charge in [0.1, 0.15) is 28.9 Å². The molecule has 12 atom stereocenters. The van der Waals surface area contributed by atoms with Gasteiger partial charge in [-0.05, 0) is 30.0 Å². The second kappa shape index (κ2) is 42.4. The van der Waals surface area contributed by atoms with E-state index in [4.69, 9.17) is 40.3 Å². The molecule has 36 heteroatoms. The number of nitrogens with zero attached hydrogens (tertiary/aromatic N) is 1. The predicted octanol–water partition coefficient (Wildman–Crippen LogP) is -4.01. The van der Waals surface area contributed by atoms with Crippen molar-refractivity contribution in [1.29, 1.82) is 0 Å². The lowest BCUT2D eigenvalue weighted by Gasteiger charge is -2.32. The summed E-state index contributed by atoms with van der Waals surface area (Å²) in [7, 11) is -1.02. The number of ketones is 2. The van der Waals surface area contributed by atoms with Crippen molar-refractivity contribution in [2.75, 3.05) is 117 Å². The van der Waals surface area contributed by atoms with Crippen LogP contribution < -0.4 is 58.7 Å². The number of ether oxygens (including phenoxy) is 5. The number of methoxy groups -OCH3 is 1. The molecule has 2 bridgehead atoms. The van der Waals surface area contributed by atoms with Crippen LogP contribution in [-0.2, 0) is 99.5 Å². The third kappa shape index (κ3) is 26.3. The van der Waals surface area contributed by atoms with Crippen LogP contribution in [0.1, 0.15) is 83.8 Å². The first-order valence-corrected chi connectivity index (χ1v) is 35.6. The summed E-state index contributed by atoms with van der Waals surface area (Å²) in [4.78, 5) is 167. The van der Waals surface area contributed by atoms with Gasteiger partial charge in [0.25, 0.3) is 0 Å². The van der Waals surface area contributed by atoms with Gasteiger partial charge in [0.15, 0.2) is 11.6 Å². The van der Waals surface area contributed by atoms with E-state index >= 15 is 9.00 Å². The highest BCUT2D eigenvalue weighted by atomic mass is 32.2. The number of aromatic amines is 1. The molecule has 100 heavy (non-hydrogen) atoms. The average Bonchev–Trinajstić information content (AvgIpc) is 1.61. The van der Waals surface area contributed by atoms with Crippen LogP contribution in [0.15, 0.2) is 29.1 Å². The van der Waals surface area contributed by atoms with Crippen LogP contribution in [0.2, 0.25) is 0 Å². The Balaban J connectivity index is 1.31. The van der Waals surface area contributed by atoms with Gasteiger partial charge < -0.3 is 108 Å². The number of carboxylic acids is 1. The molecule has 1 aromatic heterocycles. The summed E-state index contributed by atoms with van der Waals surface area (Å²) in [5.41, 5.74) is 12.8. The van der Waals surface area contributed by atoms with E-state index in [1.807, 2.05) is 0 Å². The third-order valence-electron chi connectivity index (χ3n) is 17.1. The zero-order chi connectivity index (χ0) is 73.6. The molecule has 1 aromatic carbocycles. The molecule has 9 amide bonds. The Morgan fingerprint density at radius 2 is 1.49 bits per heavy atom. The summed E-state index contributed by atoms with van der Waals surface area (Å²) < 4.78 is 43.3. The molecule has 17 N–H and O–H groups in total. The number of amides is 9. The SMILES string of the molecule is CC[C@H](C)[C@@H]1CC(=O)CNC(=O)[C@H]2CC(=O)[C@H]([C@@H](C)[C@@H](O)CO)NC(=O)[C@@H]3C[C@@H](O)CN3C(=O)[C@H](CC(N)=O)NC(=O)[C@H](CS(=O)c3[nH]c4c(CSCCNC(=O)CCOCCOCCOCCOCCN/C=C(\N)CNC(=O)CC(C)C(=O)O)c(OC)ccc4c3C2)NC(=O)CNC1=O. The van der Waals surface area contributed by atoms with Gasteiger partial charge in [-0.25, -0.2) is 0 Å². The number of aromatic nitrogens is 1. The summed E-state index contributed by atoms with van der Waals surface area (Å²) in [5.74, 6) is -15.2. The molecular weight excluding hydrogens is 1350 g/mol. The Kier molecular flexibility index (Phi) is 35.1. The molecule has 2 aromatic rings. The summed E-state index contributed by atoms with van der Waals surface area (Å²) in [5, 5.41) is 62.2. The minimum Gasteiger partial charge on any atom is -0.496 e. The average molecular weight is 1450 g/mol. The van der Waals surface area contributed by atoms with E-state index in [1.165, 1.54) is 38.9 Å². The number of nitrogens with two attached hydrogens (primary N) is 2. The number of aliphatic carboxylic acids is 1. The van der Waals surface area contributed by atoms with Gasteiger partial charge in [-0.1, -0.05) is 34.1 Å². The highest BCUT2D eigenvalue weighted by Gasteiger charge is 2.45. The van der Waals surface area contributed by atoms with Gasteiger partial charge in [0, 0.05) is 104 Å². The number of aliphatic hydroxyl groups excluding tert-OH is 3. The topological polar surface area (TPSA) is 516 Å². The van der Waals surface area contributed by atoms with Crippen LogP contribution >= 0.6 is 11.8 Å². The Bertz CT molecular complexity index is 3230. The molecular formula is C64H98N12O22S2. The van der Waals surface area contributed by atoms with Gasteiger partial charge >= 0.3 is 5.97 Å². The monoisotopic (exact) mass is 1450 g/mol. The number of primary amides is 1. The van der Waals surface area contributed by atoms with Crippen LogP contribution in [0.5, 0.6) is 5.75 Å². The number of hydrogen-bond donors (Lipinski definition) is 15. The summed E-state index contributed by atoms with van der Waals surface area (Å²) in [6.07, 6.45) is -4.07. The van der Waals surface area contributed by atoms with Crippen molar-refractivity contribution in [1.82, 2.24) is 52.4 Å². The van der Waals surface area contributed by atoms with E-state index in [1.54, 1.807) is 26.0 Å². The molecule has 0 aliphatic carbocycles. The molecule has 0 radical (unpaired) electrons. The van der Waals surface area contributed by atoms with Crippen molar-refractivity contribution >= 4 is 104 Å². The van der Waals surface area contributed by atoms with Crippen LogP contribution in [0.25, 0.3) is 10.9 Å². The number of nitrogens with one attached hydrogen (secondary N) is 9. The molecule has 0 spiro atoms. The number of carbonyl (C=O) groups is 12. The van der Waals surface area contributed by atoms with Gasteiger partial charge in [-0.15, -0.1) is 0 Å². The second-order valence-electron chi connectivity index (χ2n) is 24.7. The molecule has 0 saturated carbocycles. The smallest absolute Gasteiger partial charge is 0.306 e. The lowest BCUT2D eigenvalue weighted by Crippen LogP contribution is -2.60. The molecule has 558 valence electrons. The zero-order valence-corrected chi connectivity index (χ0v) is 58.7. The molecule has 1 fully saturated rings. The van der Waals surface area contributed by atoms with E-state index in [0.717, 1.165) is 4.90 Å². The van der Waals surface area contributed by atoms with Gasteiger partial charge in [0.05, 0.1) is 139 Å². The van der Waals surface area contributed by atoms with E-state index in [2.05, 4.69) is 47.5 Å². The van der Waals surface area contributed by atoms with Crippen LogP contribution in [0.3, 0.4) is 0 Å². The second-order valence-corrected chi connectivity index (χ2v) is 27.2. The molecule has 4 heterocycles. The number of Topliss-reactive ketones (excluding diaryl/α,β-unsaturated/α-hetero) is 2. The third-order valence-corrected chi connectivity index (χ3v) is 19.6. The van der Waals surface area contributed by atoms with Crippen LogP contribution in [0, 0.1) is 29.6 Å². The fraction of sp³-hybridized carbons (Fsp3) is 0.656. The summed E-state index contributed by atoms with van der Waals surface area (Å²) in [6, 6.07) is -3.79. The quantitative estimate of drug-likeness (QED) is 0.0297. The van der Waals surface area contributed by atoms with Crippen molar-refractivity contribution in [3.63, 3.8) is 0 Å². The fourth-order valence-corrected chi connectivity index (χ4v) is 13.5. The van der Waals surface area contributed by atoms with Crippen molar-refractivity contribution in [3.05, 3.63) is 35.2 Å². The number of rotatable bonds is 34. The molecule has 2 unspecified atom stereocenters. The molecule has 1 saturated heterocycles. The van der Waals surface area contributed by atoms with E-state index in [0.29, 0.717) is 79.7 Å². The van der Waals surface area contributed by atoms with E-state index in [-0.39, 0.29) is 68.0 Å². The maximum Gasteiger partial charge on any atom is 0.306 e. The van der Waals surface area contributed by atoms with Crippen molar-refractivity contribution in [2.45, 2.75) is 126 Å². The van der Waals surface area contributed by atoms with Crippen LogP contribution in [-0.4, -0.2) is 259 Å². The van der Waals surface area contributed by atoms with E-state index in [9.17, 15) is 68.1 Å². The Morgan fingerprint density at radius 1 is 0.820 bits per heavy atom. The largest absolute Gasteiger partial charge is 0.496 e. The van der Waals surface area contributed by atoms with Gasteiger partial charge in [-0.3, -0.25) is 61.7 Å². The summed E-state index contributed by atoms with van der Waals surface area (Å²) >= 11 is 1.37. The lowest BCUT2D eigenvalue weighted by atomic mass is 9.85. The number of thioether (sulfide) groups is 1. The number of carboxylic acid groups (broad SMARTS) is 1. The van der Waals surface area contributed by atoms with Crippen molar-refractivity contribution in [2.24, 2.45) is 41.1 Å². The predicted molar refractivity (Wildman–Crippen MR) is 361 cm³/mol. The molecule has 5 rings (SSSR count). The highest BCUT2D eigenvalue weighted by molar-refractivity contribution is 7.98. The Labute approximate surface area is 585 Å². The maximum absolute atomic E-state index is 15.4. The Morgan fingerprint density at radius 3 is 2.14 bits per heavy atom. The number of H-pyrrole nitrogens is 1. The van der Waals surface area contributed by atoms with Crippen molar-refractivity contribution < 1.29 is 106 Å². The fourth-order valence-electron chi connectivity index (χ4n) is 11.2. The number of benzene rings is 1. The van der Waals surface area contributed by atoms with E-state index < -0.39 is 206 Å². The van der Waals surface area contributed by atoms with Gasteiger partial charge in [0.2, 0.25) is 53.2 Å². The summed E-state index contributed by atoms with van der Waals surface area (Å²) in [6.45, 7) is 6.41. The highest BCUT2D eigenvalue weighted by Crippen LogP contribution is 2.37. The molecule has 3 aliphatic heterocycles. The number of fused-ring (bicyclic) bond motifs is 5. The Hall–Kier alpha value is -7.84. The van der Waals surface area contributed by atoms with Gasteiger partial charge in [-0.2, -0.15) is 11.8 Å². The standard InChI is InChI=1S/C64H98N12O22S2/c1-6-35(2)43-24-40(78)29-70-58(86)38-22-44-42-7-8-51(94-5)45(33-99-20-11-68-53(83)9-12-95-14-16-97-18-19-98-17-15-96-13-10-67-27-39(65)28-69-54(84)21-36(3)64(91)92)57(42)75-62(44)100(93)34-47(72-55(85)30-71-59(43)87)60(88)73-46(26-52(66)82)63(90)76-31-41(79)25-48(76)61(89)74-56(49(80)23-38)37(4)50(81)32-77/h7-8,27,35-38,41,43,46-48,50,56,67,75,77,79,81H,6,9-26,28-34,65H2,1-5H3,(H2,66,82)(H,68,83)(H,69,84)(H,70,86)(H,71,87)(H,72,85)(H,73,88)(H,74,89)(H,91,92)/b39-27-/t35-,36?,37-,38+,41+,43-,46-,47-,48-,50-,56-,100?/m0/s1. The number of carbonyl (C=O) groups excluding carboxylic acids is 11. The minimum absolute atomic E-state index is 0.0521. The van der Waals surface area contributed by atoms with Crippen molar-refractivity contribution in [3.8, 4) is 5.75 Å². The maximum atomic E-state index is 15.4. The molecule has 3 aliphatic rings. The normalized spacial score (nSPS) is 23.0. The number of hydrogen-bond acceptors (Lipinski definition) is 24. The first kappa shape index (κ1) is 82.8. The number of aliphatic hydroxyl groups is 3. The lowest BCUT2D eigenvalue weighted by molar-refractivity contribution is -0.144.